The molecule has 0 aliphatic carbocycles. The molecular weight excluding hydrogens is 238 g/mol. The Morgan fingerprint density at radius 3 is 1.81 bits per heavy atom. The van der Waals surface area contributed by atoms with Crippen molar-refractivity contribution in [3.05, 3.63) is 11.8 Å². The number of hydrogen-bond acceptors (Lipinski definition) is 2. The molecule has 1 N–H and O–H groups in total. The number of nitrogens with zero attached hydrogens (tertiary/aromatic N) is 1. The number of nitrogens with one attached hydrogen (secondary N) is 1. The maximum atomic E-state index is 12.5. The number of aliphatic imine (C=N–C) groups is 1. The van der Waals surface area contributed by atoms with E-state index >= 15 is 0 Å². The zero-order chi connectivity index (χ0) is 12.8. The molecular formula is C8H8F6N2. The first-order valence-corrected chi connectivity index (χ1v) is 4.16. The van der Waals surface area contributed by atoms with Gasteiger partial charge in [0.05, 0.1) is 0 Å². The molecule has 1 rings (SSSR count). The number of allylic oxidation sites excluding steroid dienone is 2. The number of halogens is 6. The Hall–Kier alpha value is -1.21. The molecule has 0 amide bonds. The first-order valence-electron chi connectivity index (χ1n) is 4.16. The molecule has 0 saturated carbocycles. The van der Waals surface area contributed by atoms with Gasteiger partial charge in [0.2, 0.25) is 0 Å². The Morgan fingerprint density at radius 1 is 1.06 bits per heavy atom. The van der Waals surface area contributed by atoms with Crippen LogP contribution >= 0.6 is 0 Å². The van der Waals surface area contributed by atoms with Gasteiger partial charge < -0.3 is 5.32 Å². The van der Waals surface area contributed by atoms with E-state index in [0.29, 0.717) is 0 Å². The van der Waals surface area contributed by atoms with Gasteiger partial charge >= 0.3 is 18.0 Å². The van der Waals surface area contributed by atoms with Gasteiger partial charge in [-0.05, 0) is 19.9 Å². The molecule has 0 bridgehead atoms. The monoisotopic (exact) mass is 246 g/mol. The normalized spacial score (nSPS) is 21.0. The molecule has 92 valence electrons. The maximum Gasteiger partial charge on any atom is 0.441 e. The second-order valence-electron chi connectivity index (χ2n) is 3.41. The molecule has 0 radical (unpaired) electrons. The summed E-state index contributed by atoms with van der Waals surface area (Å²) in [7, 11) is 0. The number of rotatable bonds is 0. The summed E-state index contributed by atoms with van der Waals surface area (Å²) in [5.41, 5.74) is -4.80. The van der Waals surface area contributed by atoms with E-state index in [4.69, 9.17) is 0 Å². The summed E-state index contributed by atoms with van der Waals surface area (Å²) in [4.78, 5) is 2.69. The average Bonchev–Trinajstić information content (AvgIpc) is 1.97. The van der Waals surface area contributed by atoms with Crippen molar-refractivity contribution in [2.45, 2.75) is 31.9 Å². The highest BCUT2D eigenvalue weighted by Gasteiger charge is 2.72. The third kappa shape index (κ3) is 1.88. The van der Waals surface area contributed by atoms with Crippen LogP contribution in [0, 0.1) is 0 Å². The molecule has 16 heavy (non-hydrogen) atoms. The SMILES string of the molecule is CC1=CC(C)=NC(C(F)(F)F)(C(F)(F)F)N1. The van der Waals surface area contributed by atoms with E-state index in [1.807, 2.05) is 0 Å². The van der Waals surface area contributed by atoms with Crippen LogP contribution in [0.4, 0.5) is 26.3 Å². The van der Waals surface area contributed by atoms with Gasteiger partial charge in [0, 0.05) is 11.4 Å². The number of alkyl halides is 6. The van der Waals surface area contributed by atoms with Crippen LogP contribution in [0.15, 0.2) is 16.8 Å². The molecule has 0 aromatic heterocycles. The molecule has 2 nitrogen and oxygen atoms in total. The van der Waals surface area contributed by atoms with Crippen LogP contribution in [-0.4, -0.2) is 23.7 Å². The zero-order valence-corrected chi connectivity index (χ0v) is 8.29. The van der Waals surface area contributed by atoms with Gasteiger partial charge in [0.15, 0.2) is 0 Å². The molecule has 0 unspecified atom stereocenters. The van der Waals surface area contributed by atoms with Crippen molar-refractivity contribution in [3.63, 3.8) is 0 Å². The van der Waals surface area contributed by atoms with Gasteiger partial charge in [0.1, 0.15) is 0 Å². The first-order chi connectivity index (χ1) is 6.99. The summed E-state index contributed by atoms with van der Waals surface area (Å²) in [6.45, 7) is 2.20. The second kappa shape index (κ2) is 3.39. The first kappa shape index (κ1) is 12.9. The highest BCUT2D eigenvalue weighted by Crippen LogP contribution is 2.45. The molecule has 0 spiro atoms. The van der Waals surface area contributed by atoms with Crippen molar-refractivity contribution in [1.29, 1.82) is 0 Å². The van der Waals surface area contributed by atoms with Gasteiger partial charge in [0.25, 0.3) is 0 Å². The van der Waals surface area contributed by atoms with Crippen molar-refractivity contribution < 1.29 is 26.3 Å². The van der Waals surface area contributed by atoms with Gasteiger partial charge in [-0.1, -0.05) is 0 Å². The third-order valence-corrected chi connectivity index (χ3v) is 1.97. The molecule has 1 aliphatic rings. The number of hydrogen-bond donors (Lipinski definition) is 1. The highest BCUT2D eigenvalue weighted by atomic mass is 19.4. The lowest BCUT2D eigenvalue weighted by atomic mass is 10.1. The lowest BCUT2D eigenvalue weighted by Crippen LogP contribution is -2.65. The van der Waals surface area contributed by atoms with Crippen molar-refractivity contribution in [2.24, 2.45) is 4.99 Å². The third-order valence-electron chi connectivity index (χ3n) is 1.97. The van der Waals surface area contributed by atoms with Gasteiger partial charge in [-0.2, -0.15) is 26.3 Å². The Kier molecular flexibility index (Phi) is 2.73. The second-order valence-corrected chi connectivity index (χ2v) is 3.41. The molecule has 0 saturated heterocycles. The average molecular weight is 246 g/mol. The molecule has 0 fully saturated rings. The Balaban J connectivity index is 3.36. The summed E-state index contributed by atoms with van der Waals surface area (Å²) >= 11 is 0. The summed E-state index contributed by atoms with van der Waals surface area (Å²) in [6.07, 6.45) is -10.0. The highest BCUT2D eigenvalue weighted by molar-refractivity contribution is 5.94. The van der Waals surface area contributed by atoms with Crippen LogP contribution in [0.2, 0.25) is 0 Å². The lowest BCUT2D eigenvalue weighted by molar-refractivity contribution is -0.303. The van der Waals surface area contributed by atoms with Crippen LogP contribution in [0.5, 0.6) is 0 Å². The van der Waals surface area contributed by atoms with Gasteiger partial charge in [-0.3, -0.25) is 0 Å². The van der Waals surface area contributed by atoms with Crippen LogP contribution < -0.4 is 5.32 Å². The summed E-state index contributed by atoms with van der Waals surface area (Å²) in [5.74, 6) is 0. The minimum absolute atomic E-state index is 0.234. The van der Waals surface area contributed by atoms with E-state index in [9.17, 15) is 26.3 Å². The lowest BCUT2D eigenvalue weighted by Gasteiger charge is -2.37. The molecule has 0 atom stereocenters. The zero-order valence-electron chi connectivity index (χ0n) is 8.29. The fourth-order valence-electron chi connectivity index (χ4n) is 1.39. The van der Waals surface area contributed by atoms with Crippen molar-refractivity contribution >= 4 is 5.71 Å². The standard InChI is InChI=1S/C8H8F6N2/c1-4-3-5(2)16-6(15-4,7(9,10)11)8(12,13)14/h3,15H,1-2H3. The summed E-state index contributed by atoms with van der Waals surface area (Å²) in [6, 6.07) is 0. The van der Waals surface area contributed by atoms with E-state index < -0.39 is 18.0 Å². The van der Waals surface area contributed by atoms with Crippen LogP contribution in [-0.2, 0) is 0 Å². The van der Waals surface area contributed by atoms with Crippen LogP contribution in [0.1, 0.15) is 13.8 Å². The Bertz CT molecular complexity index is 335. The van der Waals surface area contributed by atoms with E-state index in [2.05, 4.69) is 4.99 Å². The molecule has 8 heteroatoms. The van der Waals surface area contributed by atoms with Crippen LogP contribution in [0.25, 0.3) is 0 Å². The topological polar surface area (TPSA) is 24.4 Å². The smallest absolute Gasteiger partial charge is 0.350 e. The fourth-order valence-corrected chi connectivity index (χ4v) is 1.39. The van der Waals surface area contributed by atoms with Crippen LogP contribution in [0.3, 0.4) is 0 Å². The fraction of sp³-hybridized carbons (Fsp3) is 0.625. The summed E-state index contributed by atoms with van der Waals surface area (Å²) in [5, 5.41) is 1.36. The van der Waals surface area contributed by atoms with Gasteiger partial charge in [-0.25, -0.2) is 4.99 Å². The Labute approximate surface area is 87.0 Å². The van der Waals surface area contributed by atoms with Crippen molar-refractivity contribution in [1.82, 2.24) is 5.32 Å². The largest absolute Gasteiger partial charge is 0.441 e. The van der Waals surface area contributed by atoms with E-state index in [1.165, 1.54) is 5.32 Å². The quantitative estimate of drug-likeness (QED) is 0.653. The predicted octanol–water partition coefficient (Wildman–Crippen LogP) is 2.78. The van der Waals surface area contributed by atoms with Crippen molar-refractivity contribution in [2.75, 3.05) is 0 Å². The summed E-state index contributed by atoms with van der Waals surface area (Å²) < 4.78 is 75.1. The van der Waals surface area contributed by atoms with E-state index in [1.54, 1.807) is 0 Å². The predicted molar refractivity (Wildman–Crippen MR) is 44.8 cm³/mol. The molecule has 1 aliphatic heterocycles. The molecule has 0 aromatic carbocycles. The maximum absolute atomic E-state index is 12.5. The van der Waals surface area contributed by atoms with E-state index in [0.717, 1.165) is 19.9 Å². The van der Waals surface area contributed by atoms with Gasteiger partial charge in [-0.15, -0.1) is 0 Å². The Morgan fingerprint density at radius 2 is 1.50 bits per heavy atom. The minimum Gasteiger partial charge on any atom is -0.350 e. The molecule has 0 aromatic rings. The van der Waals surface area contributed by atoms with Crippen molar-refractivity contribution in [3.8, 4) is 0 Å². The molecule has 1 heterocycles. The van der Waals surface area contributed by atoms with E-state index in [-0.39, 0.29) is 11.4 Å². The minimum atomic E-state index is -5.55.